The second kappa shape index (κ2) is 7.90. The highest BCUT2D eigenvalue weighted by Gasteiger charge is 2.28. The molecule has 0 spiro atoms. The highest BCUT2D eigenvalue weighted by atomic mass is 16.4. The average molecular weight is 367 g/mol. The van der Waals surface area contributed by atoms with Crippen LogP contribution in [0.3, 0.4) is 0 Å². The molecule has 3 rings (SSSR count). The first-order valence-corrected chi connectivity index (χ1v) is 8.74. The molecule has 3 amide bonds. The Hall–Kier alpha value is -3.35. The van der Waals surface area contributed by atoms with Gasteiger partial charge in [0.1, 0.15) is 0 Å². The lowest BCUT2D eigenvalue weighted by atomic mass is 9.94. The van der Waals surface area contributed by atoms with Crippen LogP contribution in [0.25, 0.3) is 11.1 Å². The predicted molar refractivity (Wildman–Crippen MR) is 101 cm³/mol. The van der Waals surface area contributed by atoms with Gasteiger partial charge in [0.25, 0.3) is 5.91 Å². The Bertz CT molecular complexity index is 859. The molecule has 0 bridgehead atoms. The van der Waals surface area contributed by atoms with Crippen LogP contribution in [0.5, 0.6) is 0 Å². The molecule has 7 nitrogen and oxygen atoms in total. The number of benzene rings is 2. The van der Waals surface area contributed by atoms with Gasteiger partial charge in [-0.3, -0.25) is 9.59 Å². The Morgan fingerprint density at radius 1 is 1.00 bits per heavy atom. The smallest absolute Gasteiger partial charge is 0.407 e. The number of anilines is 1. The zero-order valence-electron chi connectivity index (χ0n) is 14.7. The zero-order chi connectivity index (χ0) is 19.4. The van der Waals surface area contributed by atoms with E-state index in [2.05, 4.69) is 5.32 Å². The van der Waals surface area contributed by atoms with Crippen molar-refractivity contribution in [2.75, 3.05) is 18.4 Å². The highest BCUT2D eigenvalue weighted by Crippen LogP contribution is 2.30. The van der Waals surface area contributed by atoms with Crippen molar-refractivity contribution in [2.45, 2.75) is 12.8 Å². The van der Waals surface area contributed by atoms with Crippen molar-refractivity contribution in [3.05, 3.63) is 54.1 Å². The van der Waals surface area contributed by atoms with E-state index in [9.17, 15) is 14.4 Å². The van der Waals surface area contributed by atoms with E-state index in [1.807, 2.05) is 30.3 Å². The number of primary amides is 1. The molecule has 2 aromatic carbocycles. The summed E-state index contributed by atoms with van der Waals surface area (Å²) in [5, 5.41) is 11.8. The number of hydrogen-bond donors (Lipinski definition) is 3. The van der Waals surface area contributed by atoms with E-state index in [1.165, 1.54) is 4.90 Å². The Balaban J connectivity index is 1.82. The van der Waals surface area contributed by atoms with E-state index in [0.717, 1.165) is 5.56 Å². The number of carbonyl (C=O) groups excluding carboxylic acids is 2. The van der Waals surface area contributed by atoms with Crippen LogP contribution >= 0.6 is 0 Å². The van der Waals surface area contributed by atoms with Gasteiger partial charge in [-0.1, -0.05) is 42.5 Å². The second-order valence-electron chi connectivity index (χ2n) is 6.49. The van der Waals surface area contributed by atoms with E-state index in [0.29, 0.717) is 37.2 Å². The largest absolute Gasteiger partial charge is 0.465 e. The number of nitrogens with zero attached hydrogens (tertiary/aromatic N) is 1. The van der Waals surface area contributed by atoms with Gasteiger partial charge in [-0.15, -0.1) is 0 Å². The van der Waals surface area contributed by atoms with Crippen molar-refractivity contribution in [3.63, 3.8) is 0 Å². The topological polar surface area (TPSA) is 113 Å². The van der Waals surface area contributed by atoms with E-state index < -0.39 is 12.0 Å². The van der Waals surface area contributed by atoms with Gasteiger partial charge in [-0.25, -0.2) is 4.79 Å². The molecule has 0 unspecified atom stereocenters. The summed E-state index contributed by atoms with van der Waals surface area (Å²) in [5.74, 6) is -1.15. The van der Waals surface area contributed by atoms with Crippen molar-refractivity contribution in [3.8, 4) is 11.1 Å². The third-order valence-electron chi connectivity index (χ3n) is 4.79. The molecule has 1 saturated heterocycles. The first-order valence-electron chi connectivity index (χ1n) is 8.74. The summed E-state index contributed by atoms with van der Waals surface area (Å²) in [7, 11) is 0. The maximum absolute atomic E-state index is 12.6. The number of carboxylic acid groups (broad SMARTS) is 1. The van der Waals surface area contributed by atoms with Gasteiger partial charge in [0.15, 0.2) is 0 Å². The SMILES string of the molecule is NC(=O)c1c(NC(=O)C2CCN(C(=O)O)CC2)cccc1-c1ccccc1. The molecule has 0 radical (unpaired) electrons. The number of nitrogens with one attached hydrogen (secondary N) is 1. The van der Waals surface area contributed by atoms with Gasteiger partial charge in [0.05, 0.1) is 11.3 Å². The van der Waals surface area contributed by atoms with Crippen LogP contribution in [0.15, 0.2) is 48.5 Å². The molecule has 4 N–H and O–H groups in total. The van der Waals surface area contributed by atoms with Gasteiger partial charge >= 0.3 is 6.09 Å². The summed E-state index contributed by atoms with van der Waals surface area (Å²) in [6.07, 6.45) is -0.0781. The van der Waals surface area contributed by atoms with Crippen LogP contribution in [-0.2, 0) is 4.79 Å². The Labute approximate surface area is 156 Å². The molecule has 0 saturated carbocycles. The fourth-order valence-corrected chi connectivity index (χ4v) is 3.35. The van der Waals surface area contributed by atoms with Crippen molar-refractivity contribution >= 4 is 23.6 Å². The summed E-state index contributed by atoms with van der Waals surface area (Å²) in [6.45, 7) is 0.639. The number of carbonyl (C=O) groups is 3. The minimum atomic E-state index is -0.972. The van der Waals surface area contributed by atoms with E-state index in [-0.39, 0.29) is 17.4 Å². The molecule has 27 heavy (non-hydrogen) atoms. The first kappa shape index (κ1) is 18.4. The van der Waals surface area contributed by atoms with Crippen LogP contribution < -0.4 is 11.1 Å². The van der Waals surface area contributed by atoms with Gasteiger partial charge in [0.2, 0.25) is 5.91 Å². The summed E-state index contributed by atoms with van der Waals surface area (Å²) in [4.78, 5) is 37.0. The summed E-state index contributed by atoms with van der Waals surface area (Å²) >= 11 is 0. The number of piperidine rings is 1. The lowest BCUT2D eigenvalue weighted by Gasteiger charge is -2.29. The Kier molecular flexibility index (Phi) is 5.40. The number of likely N-dealkylation sites (tertiary alicyclic amines) is 1. The fourth-order valence-electron chi connectivity index (χ4n) is 3.35. The van der Waals surface area contributed by atoms with Crippen molar-refractivity contribution in [1.82, 2.24) is 4.90 Å². The maximum atomic E-state index is 12.6. The molecular formula is C20H21N3O4. The standard InChI is InChI=1S/C20H21N3O4/c21-18(24)17-15(13-5-2-1-3-6-13)7-4-8-16(17)22-19(25)14-9-11-23(12-10-14)20(26)27/h1-8,14H,9-12H2,(H2,21,24)(H,22,25)(H,26,27). The van der Waals surface area contributed by atoms with Gasteiger partial charge in [0, 0.05) is 19.0 Å². The van der Waals surface area contributed by atoms with E-state index in [4.69, 9.17) is 10.8 Å². The maximum Gasteiger partial charge on any atom is 0.407 e. The number of amides is 3. The quantitative estimate of drug-likeness (QED) is 0.771. The minimum absolute atomic E-state index is 0.229. The highest BCUT2D eigenvalue weighted by molar-refractivity contribution is 6.08. The lowest BCUT2D eigenvalue weighted by molar-refractivity contribution is -0.121. The van der Waals surface area contributed by atoms with Crippen LogP contribution in [0.2, 0.25) is 0 Å². The third-order valence-corrected chi connectivity index (χ3v) is 4.79. The lowest BCUT2D eigenvalue weighted by Crippen LogP contribution is -2.40. The van der Waals surface area contributed by atoms with Crippen LogP contribution in [0.1, 0.15) is 23.2 Å². The number of nitrogens with two attached hydrogens (primary N) is 1. The molecule has 7 heteroatoms. The first-order chi connectivity index (χ1) is 13.0. The molecule has 0 atom stereocenters. The van der Waals surface area contributed by atoms with Crippen molar-refractivity contribution < 1.29 is 19.5 Å². The molecular weight excluding hydrogens is 346 g/mol. The van der Waals surface area contributed by atoms with Crippen LogP contribution in [-0.4, -0.2) is 41.0 Å². The van der Waals surface area contributed by atoms with Gasteiger partial charge in [-0.2, -0.15) is 0 Å². The molecule has 0 aromatic heterocycles. The number of rotatable bonds is 4. The Morgan fingerprint density at radius 3 is 2.26 bits per heavy atom. The molecule has 1 heterocycles. The average Bonchev–Trinajstić information content (AvgIpc) is 2.68. The van der Waals surface area contributed by atoms with Gasteiger partial charge < -0.3 is 21.1 Å². The second-order valence-corrected chi connectivity index (χ2v) is 6.49. The molecule has 2 aromatic rings. The number of hydrogen-bond acceptors (Lipinski definition) is 3. The molecule has 1 fully saturated rings. The molecule has 140 valence electrons. The predicted octanol–water partition coefficient (Wildman–Crippen LogP) is 2.78. The summed E-state index contributed by atoms with van der Waals surface area (Å²) in [6, 6.07) is 14.5. The minimum Gasteiger partial charge on any atom is -0.465 e. The molecule has 1 aliphatic heterocycles. The Morgan fingerprint density at radius 2 is 1.67 bits per heavy atom. The third kappa shape index (κ3) is 4.08. The van der Waals surface area contributed by atoms with Crippen molar-refractivity contribution in [2.24, 2.45) is 11.7 Å². The van der Waals surface area contributed by atoms with Crippen molar-refractivity contribution in [1.29, 1.82) is 0 Å². The van der Waals surface area contributed by atoms with E-state index in [1.54, 1.807) is 18.2 Å². The zero-order valence-corrected chi connectivity index (χ0v) is 14.7. The van der Waals surface area contributed by atoms with Crippen LogP contribution in [0, 0.1) is 5.92 Å². The molecule has 1 aliphatic rings. The van der Waals surface area contributed by atoms with Crippen LogP contribution in [0.4, 0.5) is 10.5 Å². The fraction of sp³-hybridized carbons (Fsp3) is 0.250. The normalized spacial score (nSPS) is 14.6. The molecule has 0 aliphatic carbocycles. The summed E-state index contributed by atoms with van der Waals surface area (Å²) < 4.78 is 0. The van der Waals surface area contributed by atoms with E-state index >= 15 is 0 Å². The monoisotopic (exact) mass is 367 g/mol. The van der Waals surface area contributed by atoms with Gasteiger partial charge in [-0.05, 0) is 30.0 Å². The summed E-state index contributed by atoms with van der Waals surface area (Å²) in [5.41, 5.74) is 7.72.